The van der Waals surface area contributed by atoms with Crippen molar-refractivity contribution in [3.8, 4) is 5.75 Å². The Morgan fingerprint density at radius 1 is 1.21 bits per heavy atom. The molecule has 39 heavy (non-hydrogen) atoms. The minimum absolute atomic E-state index is 0.0280. The molecule has 0 spiro atoms. The van der Waals surface area contributed by atoms with Gasteiger partial charge in [-0.3, -0.25) is 14.6 Å². The van der Waals surface area contributed by atoms with Crippen molar-refractivity contribution >= 4 is 27.5 Å². The number of nitrogens with one attached hydrogen (secondary N) is 1. The summed E-state index contributed by atoms with van der Waals surface area (Å²) in [6.07, 6.45) is 3.44. The number of benzene rings is 2. The van der Waals surface area contributed by atoms with Crippen LogP contribution in [-0.4, -0.2) is 83.4 Å². The lowest BCUT2D eigenvalue weighted by molar-refractivity contribution is 0.0388. The maximum atomic E-state index is 13.6. The van der Waals surface area contributed by atoms with Crippen molar-refractivity contribution < 1.29 is 27.9 Å². The minimum Gasteiger partial charge on any atom is -0.486 e. The van der Waals surface area contributed by atoms with Crippen LogP contribution in [0, 0.1) is 5.92 Å². The van der Waals surface area contributed by atoms with Crippen LogP contribution in [0.3, 0.4) is 0 Å². The van der Waals surface area contributed by atoms with Gasteiger partial charge in [-0.1, -0.05) is 31.2 Å². The van der Waals surface area contributed by atoms with Crippen LogP contribution in [0.1, 0.15) is 34.7 Å². The fourth-order valence-corrected chi connectivity index (χ4v) is 5.49. The van der Waals surface area contributed by atoms with Crippen molar-refractivity contribution in [2.24, 2.45) is 5.92 Å². The van der Waals surface area contributed by atoms with E-state index in [0.717, 1.165) is 0 Å². The monoisotopic (exact) mass is 553 g/mol. The number of carbonyl (C=O) groups excluding carboxylic acids is 2. The first-order chi connectivity index (χ1) is 18.6. The first-order valence-corrected chi connectivity index (χ1v) is 13.9. The standard InChI is InChI=1S/C27H31N5O6S/c1-18-15-32(19(2)17-33)27(35)21-10-7-11-22(30-26(34)23-14-28-12-13-29-23)25(21)38-24(18)16-31(3)39(36,37)20-8-5-4-6-9-20/h4-14,18-19,24,33H,15-17H2,1-3H3,(H,30,34)/t18-,19-,24+/m1/s1. The zero-order valence-electron chi connectivity index (χ0n) is 21.9. The number of sulfonamides is 1. The number of ether oxygens (including phenoxy) is 1. The van der Waals surface area contributed by atoms with Gasteiger partial charge in [-0.15, -0.1) is 0 Å². The summed E-state index contributed by atoms with van der Waals surface area (Å²) in [6.45, 7) is 3.52. The summed E-state index contributed by atoms with van der Waals surface area (Å²) in [7, 11) is -2.35. The summed E-state index contributed by atoms with van der Waals surface area (Å²) < 4.78 is 34.1. The Morgan fingerprint density at radius 2 is 1.95 bits per heavy atom. The predicted molar refractivity (Wildman–Crippen MR) is 144 cm³/mol. The molecule has 3 aromatic rings. The van der Waals surface area contributed by atoms with Gasteiger partial charge in [0.15, 0.2) is 5.75 Å². The number of para-hydroxylation sites is 1. The molecule has 2 N–H and O–H groups in total. The number of aliphatic hydroxyl groups excluding tert-OH is 1. The molecular weight excluding hydrogens is 522 g/mol. The summed E-state index contributed by atoms with van der Waals surface area (Å²) in [5.74, 6) is -1.16. The maximum Gasteiger partial charge on any atom is 0.275 e. The molecule has 12 heteroatoms. The van der Waals surface area contributed by atoms with Crippen LogP contribution in [0.4, 0.5) is 5.69 Å². The normalized spacial score (nSPS) is 18.5. The van der Waals surface area contributed by atoms with Gasteiger partial charge in [-0.2, -0.15) is 4.31 Å². The van der Waals surface area contributed by atoms with E-state index in [4.69, 9.17) is 4.74 Å². The highest BCUT2D eigenvalue weighted by atomic mass is 32.2. The molecule has 0 aliphatic carbocycles. The van der Waals surface area contributed by atoms with Crippen LogP contribution in [0.2, 0.25) is 0 Å². The van der Waals surface area contributed by atoms with E-state index < -0.39 is 28.1 Å². The Kier molecular flexibility index (Phi) is 8.58. The second-order valence-electron chi connectivity index (χ2n) is 9.45. The highest BCUT2D eigenvalue weighted by molar-refractivity contribution is 7.89. The summed E-state index contributed by atoms with van der Waals surface area (Å²) in [5.41, 5.74) is 0.472. The third-order valence-electron chi connectivity index (χ3n) is 6.62. The number of carbonyl (C=O) groups is 2. The van der Waals surface area contributed by atoms with Crippen molar-refractivity contribution in [2.45, 2.75) is 30.9 Å². The molecule has 0 bridgehead atoms. The van der Waals surface area contributed by atoms with E-state index in [1.165, 1.54) is 42.1 Å². The van der Waals surface area contributed by atoms with Crippen molar-refractivity contribution in [3.63, 3.8) is 0 Å². The molecule has 1 aromatic heterocycles. The number of anilines is 1. The molecule has 0 radical (unpaired) electrons. The summed E-state index contributed by atoms with van der Waals surface area (Å²) in [4.78, 5) is 36.1. The molecule has 2 aromatic carbocycles. The molecule has 11 nitrogen and oxygen atoms in total. The molecule has 2 amide bonds. The lowest BCUT2D eigenvalue weighted by atomic mass is 9.99. The number of nitrogens with zero attached hydrogens (tertiary/aromatic N) is 4. The number of likely N-dealkylation sites (N-methyl/N-ethyl adjacent to an activating group) is 1. The van der Waals surface area contributed by atoms with Crippen molar-refractivity contribution in [2.75, 3.05) is 32.1 Å². The smallest absolute Gasteiger partial charge is 0.275 e. The van der Waals surface area contributed by atoms with E-state index >= 15 is 0 Å². The Balaban J connectivity index is 1.73. The second kappa shape index (κ2) is 11.9. The number of amides is 2. The average molecular weight is 554 g/mol. The van der Waals surface area contributed by atoms with Crippen molar-refractivity contribution in [1.29, 1.82) is 0 Å². The SMILES string of the molecule is C[C@@H]1CN([C@H](C)CO)C(=O)c2cccc(NC(=O)c3cnccn3)c2O[C@H]1CN(C)S(=O)(=O)c1ccccc1. The van der Waals surface area contributed by atoms with Gasteiger partial charge in [-0.05, 0) is 31.2 Å². The van der Waals surface area contributed by atoms with Crippen LogP contribution < -0.4 is 10.1 Å². The quantitative estimate of drug-likeness (QED) is 0.433. The number of aromatic nitrogens is 2. The molecule has 0 saturated heterocycles. The van der Waals surface area contributed by atoms with E-state index in [1.807, 2.05) is 6.92 Å². The molecule has 0 fully saturated rings. The minimum atomic E-state index is -3.82. The largest absolute Gasteiger partial charge is 0.486 e. The molecule has 2 heterocycles. The van der Waals surface area contributed by atoms with Gasteiger partial charge >= 0.3 is 0 Å². The number of rotatable bonds is 8. The Bertz CT molecular complexity index is 1420. The van der Waals surface area contributed by atoms with Gasteiger partial charge in [0.2, 0.25) is 10.0 Å². The maximum absolute atomic E-state index is 13.6. The van der Waals surface area contributed by atoms with Gasteiger partial charge < -0.3 is 20.1 Å². The zero-order valence-corrected chi connectivity index (χ0v) is 22.7. The fourth-order valence-electron chi connectivity index (χ4n) is 4.29. The Labute approximate surface area is 227 Å². The number of fused-ring (bicyclic) bond motifs is 1. The molecule has 1 aliphatic rings. The lowest BCUT2D eigenvalue weighted by Gasteiger charge is -2.38. The van der Waals surface area contributed by atoms with E-state index in [2.05, 4.69) is 15.3 Å². The topological polar surface area (TPSA) is 142 Å². The molecule has 206 valence electrons. The van der Waals surface area contributed by atoms with Crippen LogP contribution in [-0.2, 0) is 10.0 Å². The third-order valence-corrected chi connectivity index (χ3v) is 8.46. The van der Waals surface area contributed by atoms with Crippen molar-refractivity contribution in [3.05, 3.63) is 78.4 Å². The van der Waals surface area contributed by atoms with Gasteiger partial charge in [0, 0.05) is 31.9 Å². The van der Waals surface area contributed by atoms with Gasteiger partial charge in [-0.25, -0.2) is 13.4 Å². The molecule has 4 rings (SSSR count). The molecule has 1 aliphatic heterocycles. The fraction of sp³-hybridized carbons (Fsp3) is 0.333. The average Bonchev–Trinajstić information content (AvgIpc) is 2.95. The van der Waals surface area contributed by atoms with Gasteiger partial charge in [0.1, 0.15) is 11.8 Å². The molecule has 0 saturated carbocycles. The highest BCUT2D eigenvalue weighted by Gasteiger charge is 2.36. The van der Waals surface area contributed by atoms with E-state index in [1.54, 1.807) is 48.2 Å². The molecular formula is C27H31N5O6S. The van der Waals surface area contributed by atoms with Crippen LogP contribution in [0.15, 0.2) is 72.0 Å². The summed E-state index contributed by atoms with van der Waals surface area (Å²) in [6, 6.07) is 12.4. The second-order valence-corrected chi connectivity index (χ2v) is 11.5. The molecule has 0 unspecified atom stereocenters. The number of aliphatic hydroxyl groups is 1. The molecule has 3 atom stereocenters. The summed E-state index contributed by atoms with van der Waals surface area (Å²) in [5, 5.41) is 12.6. The van der Waals surface area contributed by atoms with E-state index in [0.29, 0.717) is 0 Å². The first-order valence-electron chi connectivity index (χ1n) is 12.4. The van der Waals surface area contributed by atoms with Gasteiger partial charge in [0.05, 0.1) is 41.5 Å². The third kappa shape index (κ3) is 6.08. The number of hydrogen-bond donors (Lipinski definition) is 2. The first kappa shape index (κ1) is 28.1. The van der Waals surface area contributed by atoms with Crippen molar-refractivity contribution in [1.82, 2.24) is 19.2 Å². The van der Waals surface area contributed by atoms with E-state index in [-0.39, 0.29) is 59.1 Å². The predicted octanol–water partition coefficient (Wildman–Crippen LogP) is 2.27. The van der Waals surface area contributed by atoms with E-state index in [9.17, 15) is 23.1 Å². The van der Waals surface area contributed by atoms with Crippen LogP contribution >= 0.6 is 0 Å². The van der Waals surface area contributed by atoms with Crippen LogP contribution in [0.5, 0.6) is 5.75 Å². The van der Waals surface area contributed by atoms with Crippen LogP contribution in [0.25, 0.3) is 0 Å². The Hall–Kier alpha value is -3.87. The Morgan fingerprint density at radius 3 is 2.62 bits per heavy atom. The highest BCUT2D eigenvalue weighted by Crippen LogP contribution is 2.35. The summed E-state index contributed by atoms with van der Waals surface area (Å²) >= 11 is 0. The number of hydrogen-bond acceptors (Lipinski definition) is 8. The lowest BCUT2D eigenvalue weighted by Crippen LogP contribution is -2.50. The zero-order chi connectivity index (χ0) is 28.2. The van der Waals surface area contributed by atoms with Gasteiger partial charge in [0.25, 0.3) is 11.8 Å².